The van der Waals surface area contributed by atoms with E-state index >= 15 is 0 Å². The lowest BCUT2D eigenvalue weighted by Gasteiger charge is -2.28. The molecule has 0 fully saturated rings. The third-order valence-electron chi connectivity index (χ3n) is 4.70. The predicted octanol–water partition coefficient (Wildman–Crippen LogP) is 3.54. The largest absolute Gasteiger partial charge is 0.392 e. The normalized spacial score (nSPS) is 14.6. The van der Waals surface area contributed by atoms with Crippen LogP contribution in [0.3, 0.4) is 0 Å². The fraction of sp³-hybridized carbons (Fsp3) is 0.250. The van der Waals surface area contributed by atoms with E-state index in [9.17, 15) is 4.39 Å². The highest BCUT2D eigenvalue weighted by Crippen LogP contribution is 2.26. The first-order chi connectivity index (χ1) is 12.2. The molecule has 0 amide bonds. The molecule has 0 saturated heterocycles. The molecule has 1 aromatic heterocycles. The molecule has 25 heavy (non-hydrogen) atoms. The third kappa shape index (κ3) is 3.09. The molecular formula is C20H21FN4. The summed E-state index contributed by atoms with van der Waals surface area (Å²) in [6, 6.07) is 14.9. The van der Waals surface area contributed by atoms with Gasteiger partial charge in [-0.3, -0.25) is 0 Å². The van der Waals surface area contributed by atoms with Crippen molar-refractivity contribution in [1.82, 2.24) is 14.9 Å². The standard InChI is InChI=1S/C20H21FN4/c1-22-17-10-12-24(13-11-17)20-23-18-4-2-3-5-19(18)25(20)14-15-6-8-16(21)9-7-15/h2-10,22H,11-14H2,1H3. The summed E-state index contributed by atoms with van der Waals surface area (Å²) in [5, 5.41) is 3.23. The third-order valence-corrected chi connectivity index (χ3v) is 4.70. The SMILES string of the molecule is CNC1=CCN(c2nc3ccccc3n2Cc2ccc(F)cc2)CC1. The van der Waals surface area contributed by atoms with Crippen molar-refractivity contribution in [3.05, 3.63) is 71.7 Å². The molecule has 2 heterocycles. The van der Waals surface area contributed by atoms with Gasteiger partial charge in [-0.15, -0.1) is 0 Å². The van der Waals surface area contributed by atoms with Crippen molar-refractivity contribution in [3.63, 3.8) is 0 Å². The van der Waals surface area contributed by atoms with Gasteiger partial charge >= 0.3 is 0 Å². The highest BCUT2D eigenvalue weighted by molar-refractivity contribution is 5.79. The van der Waals surface area contributed by atoms with Crippen LogP contribution in [0.25, 0.3) is 11.0 Å². The van der Waals surface area contributed by atoms with Gasteiger partial charge in [0.15, 0.2) is 0 Å². The van der Waals surface area contributed by atoms with Crippen LogP contribution in [-0.4, -0.2) is 29.7 Å². The Labute approximate surface area is 146 Å². The number of nitrogens with one attached hydrogen (secondary N) is 1. The Hall–Kier alpha value is -2.82. The first-order valence-electron chi connectivity index (χ1n) is 8.56. The second-order valence-electron chi connectivity index (χ2n) is 6.29. The number of hydrogen-bond acceptors (Lipinski definition) is 3. The van der Waals surface area contributed by atoms with E-state index in [2.05, 4.69) is 26.9 Å². The lowest BCUT2D eigenvalue weighted by Crippen LogP contribution is -2.33. The van der Waals surface area contributed by atoms with Gasteiger partial charge in [0.1, 0.15) is 5.82 Å². The zero-order chi connectivity index (χ0) is 17.2. The second-order valence-corrected chi connectivity index (χ2v) is 6.29. The Balaban J connectivity index is 1.73. The first kappa shape index (κ1) is 15.7. The van der Waals surface area contributed by atoms with Gasteiger partial charge in [-0.25, -0.2) is 9.37 Å². The van der Waals surface area contributed by atoms with Crippen LogP contribution < -0.4 is 10.2 Å². The Bertz CT molecular complexity index is 911. The van der Waals surface area contributed by atoms with E-state index in [0.717, 1.165) is 42.1 Å². The van der Waals surface area contributed by atoms with Gasteiger partial charge in [0.25, 0.3) is 0 Å². The summed E-state index contributed by atoms with van der Waals surface area (Å²) in [6.45, 7) is 2.44. The minimum atomic E-state index is -0.208. The zero-order valence-electron chi connectivity index (χ0n) is 14.2. The average molecular weight is 336 g/mol. The van der Waals surface area contributed by atoms with Gasteiger partial charge in [0, 0.05) is 32.3 Å². The highest BCUT2D eigenvalue weighted by Gasteiger charge is 2.19. The maximum atomic E-state index is 13.2. The number of anilines is 1. The van der Waals surface area contributed by atoms with Gasteiger partial charge in [-0.1, -0.05) is 24.3 Å². The fourth-order valence-corrected chi connectivity index (χ4v) is 3.31. The molecule has 4 rings (SSSR count). The van der Waals surface area contributed by atoms with E-state index in [1.54, 1.807) is 0 Å². The molecule has 0 bridgehead atoms. The van der Waals surface area contributed by atoms with Crippen molar-refractivity contribution in [1.29, 1.82) is 0 Å². The summed E-state index contributed by atoms with van der Waals surface area (Å²) in [7, 11) is 1.96. The lowest BCUT2D eigenvalue weighted by molar-refractivity contribution is 0.626. The maximum absolute atomic E-state index is 13.2. The van der Waals surface area contributed by atoms with Crippen LogP contribution in [0.2, 0.25) is 0 Å². The van der Waals surface area contributed by atoms with Crippen molar-refractivity contribution in [2.24, 2.45) is 0 Å². The highest BCUT2D eigenvalue weighted by atomic mass is 19.1. The lowest BCUT2D eigenvalue weighted by atomic mass is 10.2. The van der Waals surface area contributed by atoms with Crippen LogP contribution in [0.5, 0.6) is 0 Å². The molecule has 0 radical (unpaired) electrons. The smallest absolute Gasteiger partial charge is 0.207 e. The summed E-state index contributed by atoms with van der Waals surface area (Å²) in [6.07, 6.45) is 3.20. The number of aromatic nitrogens is 2. The molecule has 0 unspecified atom stereocenters. The number of fused-ring (bicyclic) bond motifs is 1. The van der Waals surface area contributed by atoms with E-state index < -0.39 is 0 Å². The van der Waals surface area contributed by atoms with Crippen molar-refractivity contribution in [3.8, 4) is 0 Å². The molecule has 128 valence electrons. The van der Waals surface area contributed by atoms with E-state index in [-0.39, 0.29) is 5.82 Å². The van der Waals surface area contributed by atoms with Crippen LogP contribution >= 0.6 is 0 Å². The molecule has 0 atom stereocenters. The molecule has 2 aromatic carbocycles. The summed E-state index contributed by atoms with van der Waals surface area (Å²) in [5.74, 6) is 0.761. The molecule has 5 heteroatoms. The summed E-state index contributed by atoms with van der Waals surface area (Å²) < 4.78 is 15.4. The van der Waals surface area contributed by atoms with Gasteiger partial charge in [0.05, 0.1) is 17.6 Å². The van der Waals surface area contributed by atoms with Crippen LogP contribution in [0.4, 0.5) is 10.3 Å². The molecular weight excluding hydrogens is 315 g/mol. The van der Waals surface area contributed by atoms with E-state index in [1.165, 1.54) is 17.8 Å². The second kappa shape index (κ2) is 6.59. The minimum absolute atomic E-state index is 0.208. The van der Waals surface area contributed by atoms with Crippen LogP contribution in [-0.2, 0) is 6.54 Å². The number of imidazole rings is 1. The molecule has 0 spiro atoms. The molecule has 0 saturated carbocycles. The molecule has 1 aliphatic rings. The maximum Gasteiger partial charge on any atom is 0.207 e. The van der Waals surface area contributed by atoms with Crippen molar-refractivity contribution >= 4 is 17.0 Å². The van der Waals surface area contributed by atoms with Crippen LogP contribution in [0.1, 0.15) is 12.0 Å². The van der Waals surface area contributed by atoms with Crippen molar-refractivity contribution in [2.45, 2.75) is 13.0 Å². The Kier molecular flexibility index (Phi) is 4.14. The summed E-state index contributed by atoms with van der Waals surface area (Å²) in [4.78, 5) is 7.16. The van der Waals surface area contributed by atoms with Gasteiger partial charge in [0.2, 0.25) is 5.95 Å². The predicted molar refractivity (Wildman–Crippen MR) is 99.2 cm³/mol. The Morgan fingerprint density at radius 1 is 1.12 bits per heavy atom. The molecule has 1 aliphatic heterocycles. The molecule has 3 aromatic rings. The fourth-order valence-electron chi connectivity index (χ4n) is 3.31. The number of rotatable bonds is 4. The zero-order valence-corrected chi connectivity index (χ0v) is 14.2. The summed E-state index contributed by atoms with van der Waals surface area (Å²) in [5.41, 5.74) is 4.43. The number of para-hydroxylation sites is 2. The number of nitrogens with zero attached hydrogens (tertiary/aromatic N) is 3. The van der Waals surface area contributed by atoms with Crippen molar-refractivity contribution in [2.75, 3.05) is 25.0 Å². The number of hydrogen-bond donors (Lipinski definition) is 1. The van der Waals surface area contributed by atoms with E-state index in [1.807, 2.05) is 37.4 Å². The Morgan fingerprint density at radius 3 is 2.64 bits per heavy atom. The topological polar surface area (TPSA) is 33.1 Å². The van der Waals surface area contributed by atoms with Gasteiger partial charge in [-0.05, 0) is 35.9 Å². The number of benzene rings is 2. The first-order valence-corrected chi connectivity index (χ1v) is 8.56. The van der Waals surface area contributed by atoms with E-state index in [0.29, 0.717) is 6.54 Å². The van der Waals surface area contributed by atoms with Gasteiger partial charge in [-0.2, -0.15) is 0 Å². The minimum Gasteiger partial charge on any atom is -0.392 e. The number of halogens is 1. The Morgan fingerprint density at radius 2 is 1.92 bits per heavy atom. The quantitative estimate of drug-likeness (QED) is 0.791. The monoisotopic (exact) mass is 336 g/mol. The van der Waals surface area contributed by atoms with Crippen molar-refractivity contribution < 1.29 is 4.39 Å². The average Bonchev–Trinajstić information content (AvgIpc) is 3.02. The molecule has 1 N–H and O–H groups in total. The van der Waals surface area contributed by atoms with Crippen LogP contribution in [0.15, 0.2) is 60.3 Å². The molecule has 4 nitrogen and oxygen atoms in total. The van der Waals surface area contributed by atoms with E-state index in [4.69, 9.17) is 4.98 Å². The summed E-state index contributed by atoms with van der Waals surface area (Å²) >= 11 is 0. The molecule has 0 aliphatic carbocycles. The van der Waals surface area contributed by atoms with Gasteiger partial charge < -0.3 is 14.8 Å². The van der Waals surface area contributed by atoms with Crippen LogP contribution in [0, 0.1) is 5.82 Å².